The van der Waals surface area contributed by atoms with Crippen molar-refractivity contribution in [2.75, 3.05) is 0 Å². The molecule has 0 aliphatic heterocycles. The molecule has 0 saturated carbocycles. The summed E-state index contributed by atoms with van der Waals surface area (Å²) in [6, 6.07) is 3.10. The van der Waals surface area contributed by atoms with E-state index in [9.17, 15) is 4.39 Å². The van der Waals surface area contributed by atoms with Gasteiger partial charge in [0.25, 0.3) is 0 Å². The van der Waals surface area contributed by atoms with Gasteiger partial charge in [-0.3, -0.25) is 0 Å². The molecule has 1 aromatic carbocycles. The highest BCUT2D eigenvalue weighted by atomic mass is 19.1. The highest BCUT2D eigenvalue weighted by Gasteiger charge is 2.06. The first-order valence-electron chi connectivity index (χ1n) is 4.66. The Balaban J connectivity index is 3.41. The first kappa shape index (κ1) is 10.7. The Hall–Kier alpha value is -1.37. The van der Waals surface area contributed by atoms with Crippen LogP contribution in [0.3, 0.4) is 0 Å². The van der Waals surface area contributed by atoms with Gasteiger partial charge in [0.2, 0.25) is 0 Å². The minimum atomic E-state index is -0.178. The molecule has 0 bridgehead atoms. The zero-order chi connectivity index (χ0) is 10.7. The minimum absolute atomic E-state index is 0.178. The van der Waals surface area contributed by atoms with Gasteiger partial charge in [-0.1, -0.05) is 18.7 Å². The quantitative estimate of drug-likeness (QED) is 0.617. The average molecular weight is 190 g/mol. The summed E-state index contributed by atoms with van der Waals surface area (Å²) in [6.45, 7) is 9.54. The van der Waals surface area contributed by atoms with Crippen LogP contribution < -0.4 is 0 Å². The summed E-state index contributed by atoms with van der Waals surface area (Å²) in [5.41, 5.74) is 4.05. The van der Waals surface area contributed by atoms with Crippen molar-refractivity contribution in [1.82, 2.24) is 0 Å². The third-order valence-corrected chi connectivity index (χ3v) is 2.32. The van der Waals surface area contributed by atoms with E-state index in [4.69, 9.17) is 0 Å². The lowest BCUT2D eigenvalue weighted by Crippen LogP contribution is -1.93. The summed E-state index contributed by atoms with van der Waals surface area (Å²) in [5.74, 6) is -0.178. The van der Waals surface area contributed by atoms with Crippen molar-refractivity contribution < 1.29 is 4.39 Å². The molecule has 1 aromatic rings. The SMILES string of the molecule is C=C/C(=C\C)c1c(C)cc(F)cc1C. The molecule has 1 heteroatoms. The Morgan fingerprint density at radius 1 is 1.29 bits per heavy atom. The first-order chi connectivity index (χ1) is 6.60. The molecule has 0 amide bonds. The molecule has 0 spiro atoms. The lowest BCUT2D eigenvalue weighted by molar-refractivity contribution is 0.625. The van der Waals surface area contributed by atoms with Gasteiger partial charge in [0.05, 0.1) is 0 Å². The van der Waals surface area contributed by atoms with Crippen LogP contribution in [-0.4, -0.2) is 0 Å². The summed E-state index contributed by atoms with van der Waals surface area (Å²) >= 11 is 0. The maximum Gasteiger partial charge on any atom is 0.123 e. The third-order valence-electron chi connectivity index (χ3n) is 2.32. The van der Waals surface area contributed by atoms with Crippen molar-refractivity contribution in [1.29, 1.82) is 0 Å². The lowest BCUT2D eigenvalue weighted by Gasteiger charge is -2.10. The maximum absolute atomic E-state index is 13.0. The molecule has 0 unspecified atom stereocenters. The zero-order valence-corrected chi connectivity index (χ0v) is 8.89. The van der Waals surface area contributed by atoms with Crippen molar-refractivity contribution in [3.05, 3.63) is 53.4 Å². The average Bonchev–Trinajstić information content (AvgIpc) is 2.10. The molecular formula is C13H15F. The summed E-state index contributed by atoms with van der Waals surface area (Å²) < 4.78 is 13.0. The molecule has 74 valence electrons. The highest BCUT2D eigenvalue weighted by molar-refractivity contribution is 5.77. The van der Waals surface area contributed by atoms with Gasteiger partial charge in [-0.2, -0.15) is 0 Å². The van der Waals surface area contributed by atoms with Crippen LogP contribution >= 0.6 is 0 Å². The highest BCUT2D eigenvalue weighted by Crippen LogP contribution is 2.24. The Morgan fingerprint density at radius 2 is 1.79 bits per heavy atom. The van der Waals surface area contributed by atoms with Crippen molar-refractivity contribution in [3.63, 3.8) is 0 Å². The number of benzene rings is 1. The van der Waals surface area contributed by atoms with Gasteiger partial charge in [0, 0.05) is 0 Å². The molecule has 0 aromatic heterocycles. The predicted octanol–water partition coefficient (Wildman–Crippen LogP) is 4.03. The van der Waals surface area contributed by atoms with E-state index >= 15 is 0 Å². The van der Waals surface area contributed by atoms with E-state index in [0.717, 1.165) is 22.3 Å². The molecule has 0 atom stereocenters. The van der Waals surface area contributed by atoms with Gasteiger partial charge >= 0.3 is 0 Å². The largest absolute Gasteiger partial charge is 0.207 e. The smallest absolute Gasteiger partial charge is 0.123 e. The maximum atomic E-state index is 13.0. The van der Waals surface area contributed by atoms with E-state index in [1.807, 2.05) is 26.8 Å². The molecule has 0 aliphatic carbocycles. The number of rotatable bonds is 2. The second kappa shape index (κ2) is 4.23. The molecule has 0 saturated heterocycles. The molecule has 0 N–H and O–H groups in total. The Morgan fingerprint density at radius 3 is 2.14 bits per heavy atom. The van der Waals surface area contributed by atoms with E-state index in [-0.39, 0.29) is 5.82 Å². The van der Waals surface area contributed by atoms with Crippen LogP contribution in [0.5, 0.6) is 0 Å². The number of allylic oxidation sites excluding steroid dienone is 3. The van der Waals surface area contributed by atoms with Gasteiger partial charge < -0.3 is 0 Å². The number of hydrogen-bond donors (Lipinski definition) is 0. The molecule has 0 radical (unpaired) electrons. The van der Waals surface area contributed by atoms with Gasteiger partial charge in [-0.05, 0) is 55.2 Å². The van der Waals surface area contributed by atoms with Crippen molar-refractivity contribution in [2.24, 2.45) is 0 Å². The number of halogens is 1. The summed E-state index contributed by atoms with van der Waals surface area (Å²) in [5, 5.41) is 0. The molecular weight excluding hydrogens is 175 g/mol. The van der Waals surface area contributed by atoms with Crippen LogP contribution in [0.1, 0.15) is 23.6 Å². The fourth-order valence-corrected chi connectivity index (χ4v) is 1.73. The van der Waals surface area contributed by atoms with Crippen LogP contribution in [0.2, 0.25) is 0 Å². The lowest BCUT2D eigenvalue weighted by atomic mass is 9.95. The normalized spacial score (nSPS) is 11.6. The number of aryl methyl sites for hydroxylation is 2. The molecule has 0 fully saturated rings. The zero-order valence-electron chi connectivity index (χ0n) is 8.89. The fraction of sp³-hybridized carbons (Fsp3) is 0.231. The van der Waals surface area contributed by atoms with E-state index in [1.54, 1.807) is 18.2 Å². The van der Waals surface area contributed by atoms with Crippen LogP contribution in [0.4, 0.5) is 4.39 Å². The van der Waals surface area contributed by atoms with Crippen LogP contribution in [0.15, 0.2) is 30.9 Å². The second-order valence-electron chi connectivity index (χ2n) is 3.36. The summed E-state index contributed by atoms with van der Waals surface area (Å²) in [7, 11) is 0. The number of hydrogen-bond acceptors (Lipinski definition) is 0. The Bertz CT molecular complexity index is 363. The summed E-state index contributed by atoms with van der Waals surface area (Å²) in [4.78, 5) is 0. The first-order valence-corrected chi connectivity index (χ1v) is 4.66. The van der Waals surface area contributed by atoms with E-state index in [2.05, 4.69) is 6.58 Å². The van der Waals surface area contributed by atoms with Crippen LogP contribution in [-0.2, 0) is 0 Å². The van der Waals surface area contributed by atoms with Crippen molar-refractivity contribution in [3.8, 4) is 0 Å². The van der Waals surface area contributed by atoms with E-state index in [1.165, 1.54) is 0 Å². The van der Waals surface area contributed by atoms with Gasteiger partial charge in [-0.25, -0.2) is 4.39 Å². The predicted molar refractivity (Wildman–Crippen MR) is 59.7 cm³/mol. The molecule has 0 aliphatic rings. The van der Waals surface area contributed by atoms with Gasteiger partial charge in [-0.15, -0.1) is 0 Å². The monoisotopic (exact) mass is 190 g/mol. The third kappa shape index (κ3) is 1.92. The van der Waals surface area contributed by atoms with Gasteiger partial charge in [0.15, 0.2) is 0 Å². The second-order valence-corrected chi connectivity index (χ2v) is 3.36. The molecule has 14 heavy (non-hydrogen) atoms. The van der Waals surface area contributed by atoms with E-state index < -0.39 is 0 Å². The van der Waals surface area contributed by atoms with Gasteiger partial charge in [0.1, 0.15) is 5.82 Å². The summed E-state index contributed by atoms with van der Waals surface area (Å²) in [6.07, 6.45) is 3.79. The van der Waals surface area contributed by atoms with Crippen molar-refractivity contribution >= 4 is 5.57 Å². The molecule has 1 rings (SSSR count). The van der Waals surface area contributed by atoms with E-state index in [0.29, 0.717) is 0 Å². The Kier molecular flexibility index (Phi) is 3.23. The van der Waals surface area contributed by atoms with Crippen molar-refractivity contribution in [2.45, 2.75) is 20.8 Å². The van der Waals surface area contributed by atoms with Crippen LogP contribution in [0, 0.1) is 19.7 Å². The molecule has 0 nitrogen and oxygen atoms in total. The van der Waals surface area contributed by atoms with Crippen LogP contribution in [0.25, 0.3) is 5.57 Å². The topological polar surface area (TPSA) is 0 Å². The standard InChI is InChI=1S/C13H15F/c1-5-11(6-2)13-9(3)7-12(14)8-10(13)4/h5-8H,1H2,2-4H3/b11-6+. The Labute approximate surface area is 84.8 Å². The molecule has 0 heterocycles. The minimum Gasteiger partial charge on any atom is -0.207 e. The fourth-order valence-electron chi connectivity index (χ4n) is 1.73.